The van der Waals surface area contributed by atoms with Gasteiger partial charge in [-0.15, -0.1) is 0 Å². The minimum absolute atomic E-state index is 0.00231. The monoisotopic (exact) mass is 460 g/mol. The summed E-state index contributed by atoms with van der Waals surface area (Å²) in [6.07, 6.45) is -4.58. The Bertz CT molecular complexity index is 712. The van der Waals surface area contributed by atoms with E-state index in [1.54, 1.807) is 0 Å². The molecule has 180 valence electrons. The van der Waals surface area contributed by atoms with Gasteiger partial charge >= 0.3 is 17.9 Å². The van der Waals surface area contributed by atoms with E-state index in [1.165, 1.54) is 13.8 Å². The first-order chi connectivity index (χ1) is 15.1. The van der Waals surface area contributed by atoms with Gasteiger partial charge in [-0.05, 0) is 5.53 Å². The van der Waals surface area contributed by atoms with Crippen molar-refractivity contribution in [3.63, 3.8) is 0 Å². The highest BCUT2D eigenvalue weighted by Crippen LogP contribution is 2.28. The predicted octanol–water partition coefficient (Wildman–Crippen LogP) is -0.0140. The van der Waals surface area contributed by atoms with E-state index in [-0.39, 0.29) is 33.0 Å². The van der Waals surface area contributed by atoms with Crippen LogP contribution >= 0.6 is 0 Å². The van der Waals surface area contributed by atoms with Crippen LogP contribution in [0.2, 0.25) is 0 Å². The average Bonchev–Trinajstić information content (AvgIpc) is 2.68. The minimum atomic E-state index is -1.19. The van der Waals surface area contributed by atoms with Crippen LogP contribution in [0.4, 0.5) is 0 Å². The smallest absolute Gasteiger partial charge is 0.303 e. The van der Waals surface area contributed by atoms with Crippen molar-refractivity contribution in [2.24, 2.45) is 5.11 Å². The average molecular weight is 460 g/mol. The first-order valence-corrected chi connectivity index (χ1v) is 9.76. The highest BCUT2D eigenvalue weighted by Gasteiger charge is 2.51. The fourth-order valence-corrected chi connectivity index (χ4v) is 2.91. The van der Waals surface area contributed by atoms with E-state index in [0.717, 1.165) is 13.8 Å². The Hall–Kier alpha value is -2.93. The van der Waals surface area contributed by atoms with Crippen molar-refractivity contribution >= 4 is 23.8 Å². The summed E-state index contributed by atoms with van der Waals surface area (Å²) in [7, 11) is 0. The molecule has 0 aromatic heterocycles. The van der Waals surface area contributed by atoms with Crippen molar-refractivity contribution in [1.29, 1.82) is 0 Å². The van der Waals surface area contributed by atoms with E-state index in [9.17, 15) is 19.2 Å². The Balaban J connectivity index is 3.05. The molecule has 1 rings (SSSR count). The first-order valence-electron chi connectivity index (χ1n) is 9.76. The molecule has 0 bridgehead atoms. The molecule has 1 aliphatic heterocycles. The van der Waals surface area contributed by atoms with Gasteiger partial charge < -0.3 is 33.7 Å². The molecule has 0 saturated carbocycles. The van der Waals surface area contributed by atoms with E-state index in [0.29, 0.717) is 0 Å². The Morgan fingerprint density at radius 2 is 1.62 bits per heavy atom. The third-order valence-corrected chi connectivity index (χ3v) is 3.98. The molecular formula is C18H28N4O10. The fourth-order valence-electron chi connectivity index (χ4n) is 2.91. The fraction of sp³-hybridized carbons (Fsp3) is 0.778. The van der Waals surface area contributed by atoms with Crippen molar-refractivity contribution in [2.45, 2.75) is 58.3 Å². The zero-order valence-corrected chi connectivity index (χ0v) is 18.3. The summed E-state index contributed by atoms with van der Waals surface area (Å²) in [5.74, 6) is -2.47. The number of carbonyl (C=O) groups excluding carboxylic acids is 4. The molecule has 0 spiro atoms. The van der Waals surface area contributed by atoms with Crippen molar-refractivity contribution in [3.8, 4) is 0 Å². The van der Waals surface area contributed by atoms with Crippen LogP contribution in [0.5, 0.6) is 0 Å². The lowest BCUT2D eigenvalue weighted by atomic mass is 9.96. The van der Waals surface area contributed by atoms with Crippen LogP contribution in [0.25, 0.3) is 10.4 Å². The molecule has 14 nitrogen and oxygen atoms in total. The number of rotatable bonds is 12. The van der Waals surface area contributed by atoms with Crippen LogP contribution in [0.3, 0.4) is 0 Å². The molecule has 1 heterocycles. The van der Waals surface area contributed by atoms with Gasteiger partial charge in [0.25, 0.3) is 0 Å². The molecule has 1 fully saturated rings. The number of carbonyl (C=O) groups is 4. The second-order valence-corrected chi connectivity index (χ2v) is 6.66. The summed E-state index contributed by atoms with van der Waals surface area (Å²) in [4.78, 5) is 49.1. The quantitative estimate of drug-likeness (QED) is 0.104. The number of hydrogen-bond acceptors (Lipinski definition) is 11. The highest BCUT2D eigenvalue weighted by molar-refractivity contribution is 5.73. The number of ether oxygens (including phenoxy) is 6. The molecule has 1 N–H and O–H groups in total. The molecule has 14 heteroatoms. The summed E-state index contributed by atoms with van der Waals surface area (Å²) in [6, 6.07) is -1.04. The van der Waals surface area contributed by atoms with Crippen molar-refractivity contribution in [2.75, 3.05) is 33.0 Å². The zero-order valence-electron chi connectivity index (χ0n) is 18.3. The van der Waals surface area contributed by atoms with E-state index in [2.05, 4.69) is 15.3 Å². The molecule has 0 radical (unpaired) electrons. The van der Waals surface area contributed by atoms with Crippen LogP contribution < -0.4 is 5.32 Å². The normalized spacial score (nSPS) is 24.6. The van der Waals surface area contributed by atoms with Crippen LogP contribution in [0.15, 0.2) is 5.11 Å². The second-order valence-electron chi connectivity index (χ2n) is 6.66. The molecule has 5 unspecified atom stereocenters. The number of hydrogen-bond donors (Lipinski definition) is 1. The number of amides is 1. The lowest BCUT2D eigenvalue weighted by molar-refractivity contribution is -0.279. The summed E-state index contributed by atoms with van der Waals surface area (Å²) in [5, 5.41) is 5.91. The Morgan fingerprint density at radius 3 is 2.19 bits per heavy atom. The van der Waals surface area contributed by atoms with Gasteiger partial charge in [-0.1, -0.05) is 5.11 Å². The molecule has 0 aliphatic carbocycles. The van der Waals surface area contributed by atoms with Crippen LogP contribution in [-0.2, 0) is 47.6 Å². The third kappa shape index (κ3) is 9.92. The molecule has 0 aromatic carbocycles. The van der Waals surface area contributed by atoms with Crippen LogP contribution in [-0.4, -0.2) is 87.4 Å². The van der Waals surface area contributed by atoms with Gasteiger partial charge in [-0.3, -0.25) is 19.2 Å². The maximum absolute atomic E-state index is 11.8. The third-order valence-electron chi connectivity index (χ3n) is 3.98. The summed E-state index contributed by atoms with van der Waals surface area (Å²) in [6.45, 7) is 4.84. The Morgan fingerprint density at radius 1 is 0.969 bits per heavy atom. The van der Waals surface area contributed by atoms with Gasteiger partial charge in [-0.25, -0.2) is 0 Å². The second kappa shape index (κ2) is 14.2. The van der Waals surface area contributed by atoms with Gasteiger partial charge in [-0.2, -0.15) is 0 Å². The first kappa shape index (κ1) is 27.1. The molecule has 32 heavy (non-hydrogen) atoms. The number of nitrogens with one attached hydrogen (secondary N) is 1. The van der Waals surface area contributed by atoms with Crippen molar-refractivity contribution in [1.82, 2.24) is 5.32 Å². The molecule has 5 atom stereocenters. The van der Waals surface area contributed by atoms with Crippen molar-refractivity contribution < 1.29 is 47.6 Å². The van der Waals surface area contributed by atoms with Crippen LogP contribution in [0.1, 0.15) is 27.7 Å². The van der Waals surface area contributed by atoms with E-state index < -0.39 is 54.5 Å². The predicted molar refractivity (Wildman–Crippen MR) is 105 cm³/mol. The largest absolute Gasteiger partial charge is 0.463 e. The SMILES string of the molecule is CC(=O)NC1C(OCCOCCN=[N+]=[N-])OC(COC(C)=O)C(OC(C)=O)C1OC(C)=O. The summed E-state index contributed by atoms with van der Waals surface area (Å²) < 4.78 is 32.4. The molecule has 1 amide bonds. The van der Waals surface area contributed by atoms with Gasteiger partial charge in [0.15, 0.2) is 18.5 Å². The summed E-state index contributed by atoms with van der Waals surface area (Å²) >= 11 is 0. The molecular weight excluding hydrogens is 432 g/mol. The lowest BCUT2D eigenvalue weighted by Gasteiger charge is -2.44. The minimum Gasteiger partial charge on any atom is -0.463 e. The molecule has 0 aromatic rings. The lowest BCUT2D eigenvalue weighted by Crippen LogP contribution is -2.66. The van der Waals surface area contributed by atoms with Gasteiger partial charge in [0, 0.05) is 39.2 Å². The Kier molecular flexibility index (Phi) is 12.0. The van der Waals surface area contributed by atoms with E-state index >= 15 is 0 Å². The van der Waals surface area contributed by atoms with Gasteiger partial charge in [0.2, 0.25) is 5.91 Å². The number of azide groups is 1. The van der Waals surface area contributed by atoms with Crippen molar-refractivity contribution in [3.05, 3.63) is 10.4 Å². The number of esters is 3. The topological polar surface area (TPSA) is 184 Å². The van der Waals surface area contributed by atoms with E-state index in [4.69, 9.17) is 34.0 Å². The molecule has 1 aliphatic rings. The van der Waals surface area contributed by atoms with E-state index in [1.807, 2.05) is 0 Å². The number of nitrogens with zero attached hydrogens (tertiary/aromatic N) is 3. The maximum Gasteiger partial charge on any atom is 0.303 e. The molecule has 1 saturated heterocycles. The highest BCUT2D eigenvalue weighted by atomic mass is 16.7. The summed E-state index contributed by atoms with van der Waals surface area (Å²) in [5.41, 5.74) is 8.23. The Labute approximate surface area is 184 Å². The van der Waals surface area contributed by atoms with Crippen LogP contribution in [0, 0.1) is 0 Å². The maximum atomic E-state index is 11.8. The zero-order chi connectivity index (χ0) is 24.1. The standard InChI is InChI=1S/C18H28N4O10/c1-10(23)21-15-17(31-13(4)26)16(30-12(3)25)14(9-29-11(2)24)32-18(15)28-8-7-27-6-5-20-22-19/h14-18H,5-9H2,1-4H3,(H,21,23). The van der Waals surface area contributed by atoms with Gasteiger partial charge in [0.05, 0.1) is 19.8 Å². The van der Waals surface area contributed by atoms with Gasteiger partial charge in [0.1, 0.15) is 18.8 Å².